The molecule has 2 aliphatic heterocycles. The second-order valence-corrected chi connectivity index (χ2v) is 8.12. The number of nitrogens with zero attached hydrogens (tertiary/aromatic N) is 7. The molecular formula is C21H27N7O. The minimum atomic E-state index is -0.165. The lowest BCUT2D eigenvalue weighted by Crippen LogP contribution is -2.49. The van der Waals surface area contributed by atoms with Crippen LogP contribution >= 0.6 is 0 Å². The molecular weight excluding hydrogens is 366 g/mol. The molecule has 5 rings (SSSR count). The van der Waals surface area contributed by atoms with Gasteiger partial charge in [-0.3, -0.25) is 14.6 Å². The number of piperidine rings is 2. The maximum atomic E-state index is 10.0. The summed E-state index contributed by atoms with van der Waals surface area (Å²) in [4.78, 5) is 18.6. The molecule has 3 aromatic rings. The number of likely N-dealkylation sites (tertiary alicyclic amines) is 1. The molecule has 152 valence electrons. The fourth-order valence-electron chi connectivity index (χ4n) is 4.64. The molecule has 3 aromatic heterocycles. The molecule has 2 saturated heterocycles. The molecule has 1 atom stereocenters. The molecule has 0 bridgehead atoms. The summed E-state index contributed by atoms with van der Waals surface area (Å²) in [5, 5.41) is 15.4. The number of hydrogen-bond donors (Lipinski definition) is 1. The third-order valence-corrected chi connectivity index (χ3v) is 6.22. The van der Waals surface area contributed by atoms with Crippen LogP contribution in [0.25, 0.3) is 22.4 Å². The van der Waals surface area contributed by atoms with Crippen molar-refractivity contribution < 1.29 is 5.11 Å². The number of rotatable bonds is 3. The van der Waals surface area contributed by atoms with E-state index in [-0.39, 0.29) is 6.10 Å². The Morgan fingerprint density at radius 1 is 1.03 bits per heavy atom. The van der Waals surface area contributed by atoms with E-state index in [2.05, 4.69) is 19.9 Å². The van der Waals surface area contributed by atoms with Crippen molar-refractivity contribution in [3.63, 3.8) is 0 Å². The van der Waals surface area contributed by atoms with Gasteiger partial charge in [0, 0.05) is 50.7 Å². The smallest absolute Gasteiger partial charge is 0.164 e. The number of β-amino-alcohol motifs (C(OH)–C–C–N with tert-alkyl or cyclic N) is 1. The third kappa shape index (κ3) is 3.58. The Hall–Kier alpha value is -2.58. The summed E-state index contributed by atoms with van der Waals surface area (Å²) in [6.45, 7) is 3.83. The number of fused-ring (bicyclic) bond motifs is 1. The van der Waals surface area contributed by atoms with E-state index in [0.717, 1.165) is 74.3 Å². The number of pyridine rings is 1. The van der Waals surface area contributed by atoms with Gasteiger partial charge >= 0.3 is 0 Å². The summed E-state index contributed by atoms with van der Waals surface area (Å²) >= 11 is 0. The van der Waals surface area contributed by atoms with Crippen LogP contribution < -0.4 is 4.90 Å². The van der Waals surface area contributed by atoms with Crippen molar-refractivity contribution in [1.82, 2.24) is 29.6 Å². The van der Waals surface area contributed by atoms with Crippen LogP contribution in [-0.4, -0.2) is 73.1 Å². The highest BCUT2D eigenvalue weighted by molar-refractivity contribution is 5.88. The van der Waals surface area contributed by atoms with Crippen LogP contribution in [0.4, 0.5) is 5.82 Å². The molecule has 5 heterocycles. The molecule has 0 aromatic carbocycles. The summed E-state index contributed by atoms with van der Waals surface area (Å²) in [5.74, 6) is 1.67. The van der Waals surface area contributed by atoms with E-state index in [1.807, 2.05) is 30.1 Å². The number of anilines is 1. The SMILES string of the molecule is Cn1ncc2c(N3CCC(N4CCC[C@H](O)C4)CC3)nc(-c3ccncc3)nc21. The summed E-state index contributed by atoms with van der Waals surface area (Å²) in [6, 6.07) is 4.43. The van der Waals surface area contributed by atoms with Crippen LogP contribution in [0.1, 0.15) is 25.7 Å². The first-order valence-electron chi connectivity index (χ1n) is 10.5. The van der Waals surface area contributed by atoms with Crippen LogP contribution in [0.5, 0.6) is 0 Å². The minimum absolute atomic E-state index is 0.165. The van der Waals surface area contributed by atoms with Crippen molar-refractivity contribution in [3.8, 4) is 11.4 Å². The van der Waals surface area contributed by atoms with E-state index >= 15 is 0 Å². The zero-order valence-electron chi connectivity index (χ0n) is 16.8. The van der Waals surface area contributed by atoms with E-state index in [1.165, 1.54) is 0 Å². The second-order valence-electron chi connectivity index (χ2n) is 8.12. The molecule has 0 radical (unpaired) electrons. The maximum absolute atomic E-state index is 10.0. The van der Waals surface area contributed by atoms with Gasteiger partial charge in [0.2, 0.25) is 0 Å². The van der Waals surface area contributed by atoms with Gasteiger partial charge in [-0.05, 0) is 44.4 Å². The second kappa shape index (κ2) is 7.68. The normalized spacial score (nSPS) is 21.7. The van der Waals surface area contributed by atoms with Gasteiger partial charge in [0.05, 0.1) is 17.7 Å². The highest BCUT2D eigenvalue weighted by atomic mass is 16.3. The van der Waals surface area contributed by atoms with E-state index in [0.29, 0.717) is 11.9 Å². The van der Waals surface area contributed by atoms with Gasteiger partial charge in [0.15, 0.2) is 11.5 Å². The van der Waals surface area contributed by atoms with Crippen molar-refractivity contribution in [2.45, 2.75) is 37.8 Å². The van der Waals surface area contributed by atoms with Crippen molar-refractivity contribution in [1.29, 1.82) is 0 Å². The Morgan fingerprint density at radius 3 is 2.59 bits per heavy atom. The van der Waals surface area contributed by atoms with Crippen molar-refractivity contribution in [2.24, 2.45) is 7.05 Å². The average molecular weight is 393 g/mol. The first-order valence-corrected chi connectivity index (χ1v) is 10.5. The highest BCUT2D eigenvalue weighted by Gasteiger charge is 2.29. The summed E-state index contributed by atoms with van der Waals surface area (Å²) in [6.07, 6.45) is 9.45. The minimum Gasteiger partial charge on any atom is -0.392 e. The Morgan fingerprint density at radius 2 is 1.83 bits per heavy atom. The number of hydrogen-bond acceptors (Lipinski definition) is 7. The van der Waals surface area contributed by atoms with E-state index in [1.54, 1.807) is 12.4 Å². The number of aryl methyl sites for hydroxylation is 1. The Bertz CT molecular complexity index is 981. The molecule has 29 heavy (non-hydrogen) atoms. The lowest BCUT2D eigenvalue weighted by atomic mass is 9.99. The van der Waals surface area contributed by atoms with E-state index in [9.17, 15) is 5.11 Å². The molecule has 8 heteroatoms. The predicted octanol–water partition coefficient (Wildman–Crippen LogP) is 1.85. The number of aliphatic hydroxyl groups excluding tert-OH is 1. The molecule has 0 amide bonds. The molecule has 0 saturated carbocycles. The van der Waals surface area contributed by atoms with E-state index < -0.39 is 0 Å². The molecule has 0 unspecified atom stereocenters. The fraction of sp³-hybridized carbons (Fsp3) is 0.524. The standard InChI is InChI=1S/C21H27N7O/c1-26-20-18(13-23-26)21(25-19(24-20)15-4-8-22-9-5-15)27-11-6-16(7-12-27)28-10-2-3-17(29)14-28/h4-5,8-9,13,16-17,29H,2-3,6-7,10-12,14H2,1H3/t17-/m0/s1. The topological polar surface area (TPSA) is 83.2 Å². The maximum Gasteiger partial charge on any atom is 0.164 e. The van der Waals surface area contributed by atoms with Crippen molar-refractivity contribution in [2.75, 3.05) is 31.1 Å². The number of aromatic nitrogens is 5. The largest absolute Gasteiger partial charge is 0.392 e. The summed E-state index contributed by atoms with van der Waals surface area (Å²) in [5.41, 5.74) is 1.81. The molecule has 2 fully saturated rings. The van der Waals surface area contributed by atoms with Gasteiger partial charge in [0.1, 0.15) is 5.82 Å². The zero-order chi connectivity index (χ0) is 19.8. The predicted molar refractivity (Wildman–Crippen MR) is 112 cm³/mol. The van der Waals surface area contributed by atoms with Crippen LogP contribution in [0.15, 0.2) is 30.7 Å². The molecule has 0 aliphatic carbocycles. The Kier molecular flexibility index (Phi) is 4.89. The van der Waals surface area contributed by atoms with Gasteiger partial charge in [0.25, 0.3) is 0 Å². The number of aliphatic hydroxyl groups is 1. The Balaban J connectivity index is 1.42. The van der Waals surface area contributed by atoms with Crippen LogP contribution in [0.2, 0.25) is 0 Å². The molecule has 1 N–H and O–H groups in total. The molecule has 0 spiro atoms. The monoisotopic (exact) mass is 393 g/mol. The average Bonchev–Trinajstić information content (AvgIpc) is 3.15. The van der Waals surface area contributed by atoms with Gasteiger partial charge in [-0.1, -0.05) is 0 Å². The third-order valence-electron chi connectivity index (χ3n) is 6.22. The van der Waals surface area contributed by atoms with Gasteiger partial charge < -0.3 is 10.0 Å². The summed E-state index contributed by atoms with van der Waals surface area (Å²) in [7, 11) is 1.92. The van der Waals surface area contributed by atoms with Crippen molar-refractivity contribution in [3.05, 3.63) is 30.7 Å². The van der Waals surface area contributed by atoms with Crippen LogP contribution in [0, 0.1) is 0 Å². The summed E-state index contributed by atoms with van der Waals surface area (Å²) < 4.78 is 1.81. The first kappa shape index (κ1) is 18.4. The molecule has 8 nitrogen and oxygen atoms in total. The lowest BCUT2D eigenvalue weighted by molar-refractivity contribution is 0.0398. The Labute approximate surface area is 170 Å². The van der Waals surface area contributed by atoms with E-state index in [4.69, 9.17) is 9.97 Å². The molecule has 2 aliphatic rings. The zero-order valence-corrected chi connectivity index (χ0v) is 16.8. The van der Waals surface area contributed by atoms with Crippen molar-refractivity contribution >= 4 is 16.9 Å². The first-order chi connectivity index (χ1) is 14.2. The fourth-order valence-corrected chi connectivity index (χ4v) is 4.64. The highest BCUT2D eigenvalue weighted by Crippen LogP contribution is 2.30. The van der Waals surface area contributed by atoms with Crippen LogP contribution in [0.3, 0.4) is 0 Å². The van der Waals surface area contributed by atoms with Crippen LogP contribution in [-0.2, 0) is 7.05 Å². The van der Waals surface area contributed by atoms with Gasteiger partial charge in [-0.2, -0.15) is 5.10 Å². The van der Waals surface area contributed by atoms with Gasteiger partial charge in [-0.15, -0.1) is 0 Å². The lowest BCUT2D eigenvalue weighted by Gasteiger charge is -2.41. The quantitative estimate of drug-likeness (QED) is 0.727. The van der Waals surface area contributed by atoms with Gasteiger partial charge in [-0.25, -0.2) is 9.97 Å².